The van der Waals surface area contributed by atoms with Crippen LogP contribution >= 0.6 is 15.9 Å². The summed E-state index contributed by atoms with van der Waals surface area (Å²) in [6, 6.07) is 9.78. The minimum absolute atomic E-state index is 0.335. The number of ether oxygens (including phenoxy) is 1. The molecule has 0 atom stereocenters. The fraction of sp³-hybridized carbons (Fsp3) is 0.357. The monoisotopic (exact) mass is 309 g/mol. The average molecular weight is 310 g/mol. The molecule has 0 bridgehead atoms. The number of carbonyl (C=O) groups is 1. The molecular formula is C14H16BrNO2. The molecule has 96 valence electrons. The van der Waals surface area contributed by atoms with Gasteiger partial charge in [-0.2, -0.15) is 0 Å². The summed E-state index contributed by atoms with van der Waals surface area (Å²) in [7, 11) is 0. The van der Waals surface area contributed by atoms with Crippen molar-refractivity contribution in [1.82, 2.24) is 4.57 Å². The van der Waals surface area contributed by atoms with Gasteiger partial charge in [-0.25, -0.2) is 9.36 Å². The fourth-order valence-electron chi connectivity index (χ4n) is 1.83. The topological polar surface area (TPSA) is 31.2 Å². The van der Waals surface area contributed by atoms with E-state index in [1.807, 2.05) is 51.1 Å². The van der Waals surface area contributed by atoms with Gasteiger partial charge in [0.25, 0.3) is 0 Å². The fourth-order valence-corrected chi connectivity index (χ4v) is 2.25. The van der Waals surface area contributed by atoms with Crippen molar-refractivity contribution in [3.8, 4) is 0 Å². The number of fused-ring (bicyclic) bond motifs is 1. The number of carbonyl (C=O) groups excluding carboxylic acids is 1. The molecule has 0 radical (unpaired) electrons. The van der Waals surface area contributed by atoms with Crippen LogP contribution in [-0.2, 0) is 10.1 Å². The van der Waals surface area contributed by atoms with E-state index < -0.39 is 5.60 Å². The van der Waals surface area contributed by atoms with E-state index in [4.69, 9.17) is 4.74 Å². The van der Waals surface area contributed by atoms with Crippen LogP contribution in [0, 0.1) is 0 Å². The van der Waals surface area contributed by atoms with Crippen molar-refractivity contribution in [3.63, 3.8) is 0 Å². The van der Waals surface area contributed by atoms with Gasteiger partial charge < -0.3 is 4.74 Å². The second-order valence-electron chi connectivity index (χ2n) is 5.14. The van der Waals surface area contributed by atoms with E-state index in [9.17, 15) is 4.79 Å². The smallest absolute Gasteiger partial charge is 0.419 e. The van der Waals surface area contributed by atoms with Crippen molar-refractivity contribution in [2.75, 3.05) is 0 Å². The lowest BCUT2D eigenvalue weighted by atomic mass is 10.2. The van der Waals surface area contributed by atoms with E-state index in [2.05, 4.69) is 15.9 Å². The van der Waals surface area contributed by atoms with Crippen LogP contribution in [0.1, 0.15) is 26.5 Å². The zero-order valence-corrected chi connectivity index (χ0v) is 12.3. The van der Waals surface area contributed by atoms with Gasteiger partial charge in [-0.15, -0.1) is 0 Å². The Kier molecular flexibility index (Phi) is 3.48. The number of rotatable bonds is 1. The summed E-state index contributed by atoms with van der Waals surface area (Å²) < 4.78 is 7.06. The number of alkyl halides is 1. The number of hydrogen-bond acceptors (Lipinski definition) is 2. The van der Waals surface area contributed by atoms with Gasteiger partial charge in [-0.3, -0.25) is 0 Å². The molecule has 0 aliphatic heterocycles. The summed E-state index contributed by atoms with van der Waals surface area (Å²) in [5, 5.41) is 1.65. The third kappa shape index (κ3) is 2.58. The summed E-state index contributed by atoms with van der Waals surface area (Å²) in [5.74, 6) is 0. The molecule has 1 aromatic heterocycles. The Labute approximate surface area is 115 Å². The Hall–Kier alpha value is -1.29. The average Bonchev–Trinajstić information content (AvgIpc) is 2.64. The van der Waals surface area contributed by atoms with Crippen LogP contribution in [0.2, 0.25) is 0 Å². The van der Waals surface area contributed by atoms with Crippen LogP contribution in [0.15, 0.2) is 30.3 Å². The van der Waals surface area contributed by atoms with E-state index in [0.717, 1.165) is 16.6 Å². The highest BCUT2D eigenvalue weighted by Crippen LogP contribution is 2.23. The molecular weight excluding hydrogens is 294 g/mol. The van der Waals surface area contributed by atoms with E-state index in [-0.39, 0.29) is 6.09 Å². The van der Waals surface area contributed by atoms with Crippen molar-refractivity contribution in [2.45, 2.75) is 31.7 Å². The highest BCUT2D eigenvalue weighted by molar-refractivity contribution is 9.08. The van der Waals surface area contributed by atoms with Crippen molar-refractivity contribution in [3.05, 3.63) is 36.0 Å². The first kappa shape index (κ1) is 13.1. The first-order valence-corrected chi connectivity index (χ1v) is 6.93. The van der Waals surface area contributed by atoms with Gasteiger partial charge in [0.1, 0.15) is 5.60 Å². The number of benzene rings is 1. The molecule has 3 nitrogen and oxygen atoms in total. The lowest BCUT2D eigenvalue weighted by molar-refractivity contribution is 0.0541. The molecule has 2 aromatic rings. The van der Waals surface area contributed by atoms with E-state index >= 15 is 0 Å². The largest absolute Gasteiger partial charge is 0.443 e. The summed E-state index contributed by atoms with van der Waals surface area (Å²) in [4.78, 5) is 12.2. The van der Waals surface area contributed by atoms with Crippen LogP contribution in [0.3, 0.4) is 0 Å². The van der Waals surface area contributed by atoms with Gasteiger partial charge >= 0.3 is 6.09 Å². The molecule has 18 heavy (non-hydrogen) atoms. The molecule has 0 saturated carbocycles. The van der Waals surface area contributed by atoms with E-state index in [1.165, 1.54) is 0 Å². The van der Waals surface area contributed by atoms with E-state index in [0.29, 0.717) is 5.33 Å². The number of hydrogen-bond donors (Lipinski definition) is 0. The SMILES string of the molecule is CC(C)(C)OC(=O)n1c(CBr)cc2ccccc21. The molecule has 0 unspecified atom stereocenters. The summed E-state index contributed by atoms with van der Waals surface area (Å²) in [5.41, 5.74) is 1.28. The van der Waals surface area contributed by atoms with Gasteiger partial charge in [0, 0.05) is 16.4 Å². The molecule has 0 N–H and O–H groups in total. The quantitative estimate of drug-likeness (QED) is 0.735. The maximum Gasteiger partial charge on any atom is 0.419 e. The second kappa shape index (κ2) is 4.76. The Bertz CT molecular complexity index is 581. The minimum Gasteiger partial charge on any atom is -0.443 e. The lowest BCUT2D eigenvalue weighted by Crippen LogP contribution is -2.27. The van der Waals surface area contributed by atoms with Gasteiger partial charge in [0.15, 0.2) is 0 Å². The van der Waals surface area contributed by atoms with Crippen molar-refractivity contribution in [2.24, 2.45) is 0 Å². The van der Waals surface area contributed by atoms with Crippen LogP contribution in [-0.4, -0.2) is 16.3 Å². The van der Waals surface area contributed by atoms with Crippen molar-refractivity contribution < 1.29 is 9.53 Å². The standard InChI is InChI=1S/C14H16BrNO2/c1-14(2,3)18-13(17)16-11(9-15)8-10-6-4-5-7-12(10)16/h4-8H,9H2,1-3H3. The zero-order chi connectivity index (χ0) is 13.3. The summed E-state index contributed by atoms with van der Waals surface area (Å²) >= 11 is 3.41. The van der Waals surface area contributed by atoms with Crippen molar-refractivity contribution >= 4 is 32.9 Å². The van der Waals surface area contributed by atoms with Crippen LogP contribution < -0.4 is 0 Å². The molecule has 0 spiro atoms. The Morgan fingerprint density at radius 1 is 1.33 bits per heavy atom. The zero-order valence-electron chi connectivity index (χ0n) is 10.7. The normalized spacial score (nSPS) is 11.8. The Morgan fingerprint density at radius 2 is 2.00 bits per heavy atom. The van der Waals surface area contributed by atoms with Gasteiger partial charge in [-0.1, -0.05) is 34.1 Å². The number of nitrogens with zero attached hydrogens (tertiary/aromatic N) is 1. The molecule has 1 heterocycles. The third-order valence-corrected chi connectivity index (χ3v) is 3.07. The third-order valence-electron chi connectivity index (χ3n) is 2.50. The molecule has 0 saturated heterocycles. The predicted octanol–water partition coefficient (Wildman–Crippen LogP) is 4.32. The van der Waals surface area contributed by atoms with E-state index in [1.54, 1.807) is 4.57 Å². The maximum absolute atomic E-state index is 12.2. The lowest BCUT2D eigenvalue weighted by Gasteiger charge is -2.20. The molecule has 4 heteroatoms. The first-order valence-electron chi connectivity index (χ1n) is 5.81. The van der Waals surface area contributed by atoms with Crippen LogP contribution in [0.4, 0.5) is 4.79 Å². The number of aromatic nitrogens is 1. The predicted molar refractivity (Wildman–Crippen MR) is 76.2 cm³/mol. The van der Waals surface area contributed by atoms with Crippen LogP contribution in [0.25, 0.3) is 10.9 Å². The molecule has 0 aliphatic rings. The van der Waals surface area contributed by atoms with Gasteiger partial charge in [0.05, 0.1) is 5.52 Å². The van der Waals surface area contributed by atoms with Crippen molar-refractivity contribution in [1.29, 1.82) is 0 Å². The van der Waals surface area contributed by atoms with Crippen LogP contribution in [0.5, 0.6) is 0 Å². The Morgan fingerprint density at radius 3 is 2.61 bits per heavy atom. The molecule has 0 fully saturated rings. The molecule has 1 aromatic carbocycles. The summed E-state index contributed by atoms with van der Waals surface area (Å²) in [6.07, 6.45) is -0.335. The highest BCUT2D eigenvalue weighted by Gasteiger charge is 2.21. The molecule has 2 rings (SSSR count). The number of halogens is 1. The highest BCUT2D eigenvalue weighted by atomic mass is 79.9. The van der Waals surface area contributed by atoms with Gasteiger partial charge in [0.2, 0.25) is 0 Å². The second-order valence-corrected chi connectivity index (χ2v) is 5.70. The summed E-state index contributed by atoms with van der Waals surface area (Å²) in [6.45, 7) is 5.60. The Balaban J connectivity index is 2.51. The molecule has 0 amide bonds. The molecule has 0 aliphatic carbocycles. The first-order chi connectivity index (χ1) is 8.42. The maximum atomic E-state index is 12.2. The number of para-hydroxylation sites is 1. The minimum atomic E-state index is -0.494. The van der Waals surface area contributed by atoms with Gasteiger partial charge in [-0.05, 0) is 32.9 Å².